The maximum Gasteiger partial charge on any atom is 0.262 e. The van der Waals surface area contributed by atoms with Crippen LogP contribution in [-0.2, 0) is 6.54 Å². The zero-order valence-corrected chi connectivity index (χ0v) is 11.9. The van der Waals surface area contributed by atoms with E-state index in [9.17, 15) is 27.9 Å². The van der Waals surface area contributed by atoms with E-state index < -0.39 is 35.8 Å². The number of aromatic hydroxyl groups is 1. The Balaban J connectivity index is 2.01. The predicted molar refractivity (Wildman–Crippen MR) is 73.4 cm³/mol. The minimum absolute atomic E-state index is 0.0259. The Morgan fingerprint density at radius 1 is 1.00 bits per heavy atom. The zero-order chi connectivity index (χ0) is 16.9. The molecule has 3 rings (SSSR count). The van der Waals surface area contributed by atoms with Gasteiger partial charge in [-0.25, -0.2) is 13.2 Å². The van der Waals surface area contributed by atoms with Crippen molar-refractivity contribution in [3.05, 3.63) is 64.0 Å². The van der Waals surface area contributed by atoms with Crippen molar-refractivity contribution in [3.8, 4) is 5.75 Å². The quantitative estimate of drug-likeness (QED) is 0.683. The molecule has 1 aliphatic heterocycles. The summed E-state index contributed by atoms with van der Waals surface area (Å²) in [6.45, 7) is 0.941. The average molecular weight is 321 g/mol. The second-order valence-electron chi connectivity index (χ2n) is 5.16. The molecule has 7 heteroatoms. The van der Waals surface area contributed by atoms with Gasteiger partial charge in [-0.2, -0.15) is 0 Å². The highest BCUT2D eigenvalue weighted by Gasteiger charge is 2.38. The van der Waals surface area contributed by atoms with Gasteiger partial charge in [0.25, 0.3) is 11.8 Å². The summed E-state index contributed by atoms with van der Waals surface area (Å²) in [7, 11) is 0. The third-order valence-corrected chi connectivity index (χ3v) is 3.81. The molecule has 0 saturated heterocycles. The number of phenols is 1. The Morgan fingerprint density at radius 3 is 2.39 bits per heavy atom. The molecule has 118 valence electrons. The number of fused-ring (bicyclic) bond motifs is 1. The van der Waals surface area contributed by atoms with Gasteiger partial charge in [-0.3, -0.25) is 14.5 Å². The van der Waals surface area contributed by atoms with E-state index in [1.54, 1.807) is 0 Å². The maximum absolute atomic E-state index is 13.7. The number of amides is 2. The molecule has 23 heavy (non-hydrogen) atoms. The molecule has 0 aromatic heterocycles. The first-order chi connectivity index (χ1) is 10.8. The normalized spacial score (nSPS) is 13.7. The first-order valence-corrected chi connectivity index (χ1v) is 6.64. The van der Waals surface area contributed by atoms with Gasteiger partial charge in [0.2, 0.25) is 0 Å². The van der Waals surface area contributed by atoms with Crippen LogP contribution in [0.25, 0.3) is 0 Å². The van der Waals surface area contributed by atoms with Crippen molar-refractivity contribution in [1.29, 1.82) is 0 Å². The minimum atomic E-state index is -1.66. The fraction of sp³-hybridized carbons (Fsp3) is 0.125. The van der Waals surface area contributed by atoms with Crippen molar-refractivity contribution >= 4 is 11.8 Å². The number of carbonyl (C=O) groups excluding carboxylic acids is 2. The van der Waals surface area contributed by atoms with E-state index in [4.69, 9.17) is 0 Å². The number of rotatable bonds is 2. The summed E-state index contributed by atoms with van der Waals surface area (Å²) < 4.78 is 40.0. The number of benzene rings is 2. The van der Waals surface area contributed by atoms with Crippen molar-refractivity contribution in [2.75, 3.05) is 0 Å². The summed E-state index contributed by atoms with van der Waals surface area (Å²) in [4.78, 5) is 25.4. The molecule has 0 atom stereocenters. The van der Waals surface area contributed by atoms with Crippen LogP contribution in [0.5, 0.6) is 5.75 Å². The van der Waals surface area contributed by atoms with Crippen LogP contribution in [0.1, 0.15) is 31.8 Å². The molecule has 0 radical (unpaired) electrons. The molecule has 1 heterocycles. The number of hydrogen-bond acceptors (Lipinski definition) is 3. The SMILES string of the molecule is Cc1c(O)ccc2c1C(=O)N(Cc1ccc(F)c(F)c1F)C2=O. The molecule has 0 bridgehead atoms. The molecule has 1 N–H and O–H groups in total. The molecule has 4 nitrogen and oxygen atoms in total. The highest BCUT2D eigenvalue weighted by atomic mass is 19.2. The highest BCUT2D eigenvalue weighted by molar-refractivity contribution is 6.22. The number of phenolic OH excluding ortho intramolecular Hbond substituents is 1. The third-order valence-electron chi connectivity index (χ3n) is 3.81. The van der Waals surface area contributed by atoms with Gasteiger partial charge in [0.1, 0.15) is 5.75 Å². The lowest BCUT2D eigenvalue weighted by Gasteiger charge is -2.14. The maximum atomic E-state index is 13.7. The van der Waals surface area contributed by atoms with E-state index in [1.165, 1.54) is 19.1 Å². The van der Waals surface area contributed by atoms with E-state index in [0.29, 0.717) is 0 Å². The fourth-order valence-electron chi connectivity index (χ4n) is 2.53. The van der Waals surface area contributed by atoms with Crippen molar-refractivity contribution in [2.45, 2.75) is 13.5 Å². The van der Waals surface area contributed by atoms with Crippen molar-refractivity contribution in [2.24, 2.45) is 0 Å². The first kappa shape index (κ1) is 15.1. The Morgan fingerprint density at radius 2 is 1.70 bits per heavy atom. The van der Waals surface area contributed by atoms with Crippen LogP contribution in [0.2, 0.25) is 0 Å². The van der Waals surface area contributed by atoms with Gasteiger partial charge in [0.05, 0.1) is 17.7 Å². The molecule has 2 aromatic rings. The van der Waals surface area contributed by atoms with Crippen molar-refractivity contribution in [1.82, 2.24) is 4.90 Å². The summed E-state index contributed by atoms with van der Waals surface area (Å²) >= 11 is 0. The summed E-state index contributed by atoms with van der Waals surface area (Å²) in [5, 5.41) is 9.64. The summed E-state index contributed by atoms with van der Waals surface area (Å²) in [5.74, 6) is -6.01. The van der Waals surface area contributed by atoms with Gasteiger partial charge in [-0.05, 0) is 25.1 Å². The molecular formula is C16H10F3NO3. The highest BCUT2D eigenvalue weighted by Crippen LogP contribution is 2.32. The smallest absolute Gasteiger partial charge is 0.262 e. The number of nitrogens with zero attached hydrogens (tertiary/aromatic N) is 1. The van der Waals surface area contributed by atoms with Crippen LogP contribution in [0.4, 0.5) is 13.2 Å². The first-order valence-electron chi connectivity index (χ1n) is 6.64. The molecule has 0 unspecified atom stereocenters. The number of hydrogen-bond donors (Lipinski definition) is 1. The van der Waals surface area contributed by atoms with Crippen LogP contribution in [0.3, 0.4) is 0 Å². The van der Waals surface area contributed by atoms with Crippen molar-refractivity contribution < 1.29 is 27.9 Å². The van der Waals surface area contributed by atoms with Gasteiger partial charge in [0, 0.05) is 11.1 Å². The van der Waals surface area contributed by atoms with Gasteiger partial charge < -0.3 is 5.11 Å². The lowest BCUT2D eigenvalue weighted by Crippen LogP contribution is -2.29. The topological polar surface area (TPSA) is 57.6 Å². The van der Waals surface area contributed by atoms with Gasteiger partial charge in [-0.15, -0.1) is 0 Å². The molecule has 2 amide bonds. The molecular weight excluding hydrogens is 311 g/mol. The van der Waals surface area contributed by atoms with Gasteiger partial charge in [-0.1, -0.05) is 6.07 Å². The molecule has 2 aromatic carbocycles. The fourth-order valence-corrected chi connectivity index (χ4v) is 2.53. The van der Waals surface area contributed by atoms with Crippen LogP contribution in [-0.4, -0.2) is 21.8 Å². The average Bonchev–Trinajstić information content (AvgIpc) is 2.76. The number of carbonyl (C=O) groups is 2. The van der Waals surface area contributed by atoms with Crippen LogP contribution >= 0.6 is 0 Å². The predicted octanol–water partition coefficient (Wildman–Crippen LogP) is 2.91. The van der Waals surface area contributed by atoms with E-state index in [-0.39, 0.29) is 28.0 Å². The van der Waals surface area contributed by atoms with Crippen LogP contribution < -0.4 is 0 Å². The van der Waals surface area contributed by atoms with Crippen LogP contribution in [0, 0.1) is 24.4 Å². The second-order valence-corrected chi connectivity index (χ2v) is 5.16. The van der Waals surface area contributed by atoms with E-state index >= 15 is 0 Å². The molecule has 0 fully saturated rings. The Labute approximate surface area is 128 Å². The standard InChI is InChI=1S/C16H10F3NO3/c1-7-11(21)5-3-9-12(7)16(23)20(15(9)22)6-8-2-4-10(17)14(19)13(8)18/h2-5,21H,6H2,1H3. The summed E-state index contributed by atoms with van der Waals surface area (Å²) in [6, 6.07) is 4.27. The van der Waals surface area contributed by atoms with Crippen molar-refractivity contribution in [3.63, 3.8) is 0 Å². The minimum Gasteiger partial charge on any atom is -0.508 e. The monoisotopic (exact) mass is 321 g/mol. The molecule has 0 spiro atoms. The van der Waals surface area contributed by atoms with E-state index in [2.05, 4.69) is 0 Å². The number of imide groups is 1. The lowest BCUT2D eigenvalue weighted by molar-refractivity contribution is 0.0640. The van der Waals surface area contributed by atoms with Gasteiger partial charge >= 0.3 is 0 Å². The Hall–Kier alpha value is -2.83. The Kier molecular flexibility index (Phi) is 3.35. The van der Waals surface area contributed by atoms with E-state index in [0.717, 1.165) is 17.0 Å². The Bertz CT molecular complexity index is 864. The molecule has 0 saturated carbocycles. The zero-order valence-electron chi connectivity index (χ0n) is 11.9. The third kappa shape index (κ3) is 2.16. The molecule has 0 aliphatic carbocycles. The summed E-state index contributed by atoms with van der Waals surface area (Å²) in [5.41, 5.74) is 0.0145. The largest absolute Gasteiger partial charge is 0.508 e. The lowest BCUT2D eigenvalue weighted by atomic mass is 10.0. The van der Waals surface area contributed by atoms with E-state index in [1.807, 2.05) is 0 Å². The van der Waals surface area contributed by atoms with Crippen LogP contribution in [0.15, 0.2) is 24.3 Å². The molecule has 1 aliphatic rings. The number of halogens is 3. The van der Waals surface area contributed by atoms with Gasteiger partial charge in [0.15, 0.2) is 17.5 Å². The second kappa shape index (κ2) is 5.12. The summed E-state index contributed by atoms with van der Waals surface area (Å²) in [6.07, 6.45) is 0.